The van der Waals surface area contributed by atoms with Crippen molar-refractivity contribution in [2.45, 2.75) is 12.5 Å². The summed E-state index contributed by atoms with van der Waals surface area (Å²) < 4.78 is 5.30. The number of pyridine rings is 1. The molecular weight excluding hydrogens is 258 g/mol. The molecule has 5 heteroatoms. The molecule has 0 fully saturated rings. The molecule has 0 radical (unpaired) electrons. The SMILES string of the molecule is O=C1OC(Cc2ncccc2C(=O)O)c2ccccc21. The van der Waals surface area contributed by atoms with Crippen LogP contribution in [-0.4, -0.2) is 22.0 Å². The van der Waals surface area contributed by atoms with Crippen molar-refractivity contribution in [3.8, 4) is 0 Å². The molecule has 0 aliphatic carbocycles. The number of aromatic carboxylic acids is 1. The molecule has 20 heavy (non-hydrogen) atoms. The summed E-state index contributed by atoms with van der Waals surface area (Å²) in [5, 5.41) is 9.14. The van der Waals surface area contributed by atoms with Gasteiger partial charge in [0.2, 0.25) is 0 Å². The Balaban J connectivity index is 1.94. The summed E-state index contributed by atoms with van der Waals surface area (Å²) in [5.41, 5.74) is 1.85. The fourth-order valence-electron chi connectivity index (χ4n) is 2.34. The van der Waals surface area contributed by atoms with Gasteiger partial charge in [0.15, 0.2) is 0 Å². The number of carbonyl (C=O) groups is 2. The molecular formula is C15H11NO4. The highest BCUT2D eigenvalue weighted by molar-refractivity contribution is 5.94. The third-order valence-corrected chi connectivity index (χ3v) is 3.28. The smallest absolute Gasteiger partial charge is 0.339 e. The lowest BCUT2D eigenvalue weighted by molar-refractivity contribution is 0.0385. The van der Waals surface area contributed by atoms with Crippen LogP contribution in [-0.2, 0) is 11.2 Å². The third-order valence-electron chi connectivity index (χ3n) is 3.28. The lowest BCUT2D eigenvalue weighted by Crippen LogP contribution is -2.10. The summed E-state index contributed by atoms with van der Waals surface area (Å²) in [4.78, 5) is 27.0. The van der Waals surface area contributed by atoms with Gasteiger partial charge in [0.25, 0.3) is 0 Å². The molecule has 1 unspecified atom stereocenters. The van der Waals surface area contributed by atoms with Crippen LogP contribution in [0.4, 0.5) is 0 Å². The minimum absolute atomic E-state index is 0.132. The Labute approximate surface area is 114 Å². The number of carboxylic acids is 1. The third kappa shape index (κ3) is 2.03. The zero-order valence-corrected chi connectivity index (χ0v) is 10.4. The first-order valence-corrected chi connectivity index (χ1v) is 6.14. The van der Waals surface area contributed by atoms with Crippen molar-refractivity contribution < 1.29 is 19.4 Å². The van der Waals surface area contributed by atoms with E-state index in [9.17, 15) is 9.59 Å². The van der Waals surface area contributed by atoms with E-state index < -0.39 is 12.1 Å². The van der Waals surface area contributed by atoms with E-state index in [4.69, 9.17) is 9.84 Å². The first kappa shape index (κ1) is 12.3. The van der Waals surface area contributed by atoms with Crippen molar-refractivity contribution in [3.63, 3.8) is 0 Å². The van der Waals surface area contributed by atoms with Crippen molar-refractivity contribution in [1.29, 1.82) is 0 Å². The Morgan fingerprint density at radius 1 is 1.25 bits per heavy atom. The molecule has 1 aromatic heterocycles. The van der Waals surface area contributed by atoms with Crippen LogP contribution >= 0.6 is 0 Å². The van der Waals surface area contributed by atoms with Gasteiger partial charge in [0.05, 0.1) is 16.8 Å². The number of cyclic esters (lactones) is 1. The number of carbonyl (C=O) groups excluding carboxylic acids is 1. The molecule has 100 valence electrons. The normalized spacial score (nSPS) is 16.6. The predicted molar refractivity (Wildman–Crippen MR) is 69.5 cm³/mol. The van der Waals surface area contributed by atoms with Gasteiger partial charge in [-0.25, -0.2) is 9.59 Å². The maximum atomic E-state index is 11.7. The summed E-state index contributed by atoms with van der Waals surface area (Å²) in [6.45, 7) is 0. The number of benzene rings is 1. The Hall–Kier alpha value is -2.69. The van der Waals surface area contributed by atoms with Gasteiger partial charge in [-0.15, -0.1) is 0 Å². The van der Waals surface area contributed by atoms with Crippen LogP contribution in [0.1, 0.15) is 38.1 Å². The van der Waals surface area contributed by atoms with E-state index in [1.165, 1.54) is 12.3 Å². The quantitative estimate of drug-likeness (QED) is 0.865. The van der Waals surface area contributed by atoms with Gasteiger partial charge in [-0.3, -0.25) is 4.98 Å². The Morgan fingerprint density at radius 3 is 2.85 bits per heavy atom. The molecule has 0 amide bonds. The van der Waals surface area contributed by atoms with Crippen LogP contribution < -0.4 is 0 Å². The molecule has 1 aliphatic heterocycles. The van der Waals surface area contributed by atoms with E-state index >= 15 is 0 Å². The standard InChI is InChI=1S/C15H11NO4/c17-14(18)11-6-3-7-16-12(11)8-13-9-4-1-2-5-10(9)15(19)20-13/h1-7,13H,8H2,(H,17,18). The zero-order chi connectivity index (χ0) is 14.1. The van der Waals surface area contributed by atoms with Crippen molar-refractivity contribution in [2.24, 2.45) is 0 Å². The predicted octanol–water partition coefficient (Wildman–Crippen LogP) is 2.23. The van der Waals surface area contributed by atoms with E-state index in [2.05, 4.69) is 4.98 Å². The lowest BCUT2D eigenvalue weighted by atomic mass is 10.00. The average molecular weight is 269 g/mol. The number of esters is 1. The van der Waals surface area contributed by atoms with Crippen LogP contribution in [0, 0.1) is 0 Å². The minimum atomic E-state index is -1.04. The van der Waals surface area contributed by atoms with Crippen molar-refractivity contribution >= 4 is 11.9 Å². The van der Waals surface area contributed by atoms with Gasteiger partial charge in [-0.1, -0.05) is 18.2 Å². The van der Waals surface area contributed by atoms with E-state index in [1.54, 1.807) is 18.2 Å². The molecule has 1 N–H and O–H groups in total. The summed E-state index contributed by atoms with van der Waals surface area (Å²) in [6.07, 6.45) is 1.31. The largest absolute Gasteiger partial charge is 0.478 e. The Bertz CT molecular complexity index is 696. The highest BCUT2D eigenvalue weighted by Crippen LogP contribution is 2.33. The van der Waals surface area contributed by atoms with Crippen molar-refractivity contribution in [1.82, 2.24) is 4.98 Å². The summed E-state index contributed by atoms with van der Waals surface area (Å²) in [6, 6.07) is 10.2. The minimum Gasteiger partial charge on any atom is -0.478 e. The monoisotopic (exact) mass is 269 g/mol. The van der Waals surface area contributed by atoms with Crippen LogP contribution in [0.2, 0.25) is 0 Å². The number of aromatic nitrogens is 1. The van der Waals surface area contributed by atoms with Gasteiger partial charge in [0, 0.05) is 18.2 Å². The summed E-state index contributed by atoms with van der Waals surface area (Å²) in [5.74, 6) is -1.41. The molecule has 5 nitrogen and oxygen atoms in total. The maximum Gasteiger partial charge on any atom is 0.339 e. The van der Waals surface area contributed by atoms with Gasteiger partial charge < -0.3 is 9.84 Å². The van der Waals surface area contributed by atoms with Crippen molar-refractivity contribution in [3.05, 3.63) is 65.0 Å². The molecule has 2 heterocycles. The van der Waals surface area contributed by atoms with Crippen LogP contribution in [0.15, 0.2) is 42.6 Å². The number of fused-ring (bicyclic) bond motifs is 1. The number of hydrogen-bond donors (Lipinski definition) is 1. The van der Waals surface area contributed by atoms with Gasteiger partial charge >= 0.3 is 11.9 Å². The highest BCUT2D eigenvalue weighted by Gasteiger charge is 2.31. The molecule has 0 bridgehead atoms. The van der Waals surface area contributed by atoms with Gasteiger partial charge in [0.1, 0.15) is 6.10 Å². The Morgan fingerprint density at radius 2 is 2.05 bits per heavy atom. The molecule has 0 saturated heterocycles. The molecule has 2 aromatic rings. The second-order valence-electron chi connectivity index (χ2n) is 4.49. The van der Waals surface area contributed by atoms with Crippen LogP contribution in [0.5, 0.6) is 0 Å². The topological polar surface area (TPSA) is 76.5 Å². The van der Waals surface area contributed by atoms with Gasteiger partial charge in [-0.05, 0) is 18.2 Å². The van der Waals surface area contributed by atoms with Gasteiger partial charge in [-0.2, -0.15) is 0 Å². The molecule has 3 rings (SSSR count). The van der Waals surface area contributed by atoms with E-state index in [1.807, 2.05) is 12.1 Å². The first-order valence-electron chi connectivity index (χ1n) is 6.14. The number of ether oxygens (including phenoxy) is 1. The van der Waals surface area contributed by atoms with E-state index in [0.29, 0.717) is 11.3 Å². The molecule has 1 aromatic carbocycles. The second kappa shape index (κ2) is 4.77. The number of carboxylic acid groups (broad SMARTS) is 1. The number of rotatable bonds is 3. The molecule has 0 saturated carbocycles. The molecule has 1 aliphatic rings. The second-order valence-corrected chi connectivity index (χ2v) is 4.49. The summed E-state index contributed by atoms with van der Waals surface area (Å²) >= 11 is 0. The first-order chi connectivity index (χ1) is 9.66. The fourth-order valence-corrected chi connectivity index (χ4v) is 2.34. The number of hydrogen-bond acceptors (Lipinski definition) is 4. The maximum absolute atomic E-state index is 11.7. The lowest BCUT2D eigenvalue weighted by Gasteiger charge is -2.11. The Kier molecular flexibility index (Phi) is 2.95. The summed E-state index contributed by atoms with van der Waals surface area (Å²) in [7, 11) is 0. The van der Waals surface area contributed by atoms with Crippen molar-refractivity contribution in [2.75, 3.05) is 0 Å². The highest BCUT2D eigenvalue weighted by atomic mass is 16.5. The zero-order valence-electron chi connectivity index (χ0n) is 10.4. The van der Waals surface area contributed by atoms with E-state index in [-0.39, 0.29) is 18.0 Å². The number of nitrogens with zero attached hydrogens (tertiary/aromatic N) is 1. The molecule has 0 spiro atoms. The van der Waals surface area contributed by atoms with E-state index in [0.717, 1.165) is 5.56 Å². The molecule has 1 atom stereocenters. The van der Waals surface area contributed by atoms with Crippen LogP contribution in [0.25, 0.3) is 0 Å². The average Bonchev–Trinajstić information content (AvgIpc) is 2.76. The van der Waals surface area contributed by atoms with Crippen LogP contribution in [0.3, 0.4) is 0 Å². The fraction of sp³-hybridized carbons (Fsp3) is 0.133.